The molecular formula is C13H15INOS-. The molecule has 2 rings (SSSR count). The molecule has 4 heteroatoms. The number of hydrogen-bond acceptors (Lipinski definition) is 2. The SMILES string of the molecule is CC1=C[I-]CNC(S(=O)Cc2ccccc2)=C1. The number of halogens is 1. The summed E-state index contributed by atoms with van der Waals surface area (Å²) < 4.78 is 15.5. The van der Waals surface area contributed by atoms with Crippen LogP contribution >= 0.6 is 0 Å². The first kappa shape index (κ1) is 12.8. The number of nitrogens with one attached hydrogen (secondary N) is 1. The van der Waals surface area contributed by atoms with E-state index in [0.29, 0.717) is 5.75 Å². The van der Waals surface area contributed by atoms with E-state index in [1.807, 2.05) is 36.4 Å². The van der Waals surface area contributed by atoms with Gasteiger partial charge in [0.1, 0.15) is 0 Å². The van der Waals surface area contributed by atoms with Gasteiger partial charge in [-0.15, -0.1) is 0 Å². The van der Waals surface area contributed by atoms with E-state index in [1.54, 1.807) is 0 Å². The van der Waals surface area contributed by atoms with Crippen molar-refractivity contribution in [3.05, 3.63) is 56.7 Å². The van der Waals surface area contributed by atoms with Crippen molar-refractivity contribution in [2.75, 3.05) is 4.55 Å². The van der Waals surface area contributed by atoms with E-state index in [9.17, 15) is 4.21 Å². The molecule has 0 radical (unpaired) electrons. The zero-order valence-corrected chi connectivity index (χ0v) is 12.6. The summed E-state index contributed by atoms with van der Waals surface area (Å²) in [6, 6.07) is 9.98. The fraction of sp³-hybridized carbons (Fsp3) is 0.231. The van der Waals surface area contributed by atoms with Crippen LogP contribution in [0, 0.1) is 0 Å². The first-order valence-electron chi connectivity index (χ1n) is 5.38. The summed E-state index contributed by atoms with van der Waals surface area (Å²) in [6.07, 6.45) is 2.02. The summed E-state index contributed by atoms with van der Waals surface area (Å²) in [7, 11) is -0.962. The van der Waals surface area contributed by atoms with Crippen LogP contribution in [0.1, 0.15) is 12.5 Å². The van der Waals surface area contributed by atoms with Crippen molar-refractivity contribution in [2.24, 2.45) is 0 Å². The van der Waals surface area contributed by atoms with Gasteiger partial charge >= 0.3 is 115 Å². The summed E-state index contributed by atoms with van der Waals surface area (Å²) in [5.41, 5.74) is 2.35. The van der Waals surface area contributed by atoms with Gasteiger partial charge in [-0.1, -0.05) is 0 Å². The second-order valence-electron chi connectivity index (χ2n) is 3.80. The topological polar surface area (TPSA) is 29.1 Å². The van der Waals surface area contributed by atoms with Crippen LogP contribution in [0.4, 0.5) is 0 Å². The maximum atomic E-state index is 12.2. The molecule has 0 fully saturated rings. The zero-order valence-electron chi connectivity index (χ0n) is 9.65. The summed E-state index contributed by atoms with van der Waals surface area (Å²) >= 11 is 0.0741. The molecule has 1 heterocycles. The predicted octanol–water partition coefficient (Wildman–Crippen LogP) is -0.670. The fourth-order valence-electron chi connectivity index (χ4n) is 1.50. The van der Waals surface area contributed by atoms with Crippen molar-refractivity contribution in [3.8, 4) is 0 Å². The minimum absolute atomic E-state index is 0.0741. The van der Waals surface area contributed by atoms with E-state index in [2.05, 4.69) is 16.3 Å². The zero-order chi connectivity index (χ0) is 12.1. The van der Waals surface area contributed by atoms with Gasteiger partial charge in [0.15, 0.2) is 0 Å². The van der Waals surface area contributed by atoms with Crippen molar-refractivity contribution in [3.63, 3.8) is 0 Å². The molecule has 1 N–H and O–H groups in total. The Kier molecular flexibility index (Phi) is 4.79. The molecule has 0 aliphatic carbocycles. The van der Waals surface area contributed by atoms with Crippen molar-refractivity contribution in [2.45, 2.75) is 12.7 Å². The Bertz CT molecular complexity index is 468. The van der Waals surface area contributed by atoms with Crippen LogP contribution in [-0.2, 0) is 16.6 Å². The van der Waals surface area contributed by atoms with Gasteiger partial charge in [-0.25, -0.2) is 0 Å². The summed E-state index contributed by atoms with van der Waals surface area (Å²) in [5.74, 6) is 0.589. The second-order valence-corrected chi connectivity index (χ2v) is 7.49. The third kappa shape index (κ3) is 3.96. The fourth-order valence-corrected chi connectivity index (χ4v) is 4.69. The monoisotopic (exact) mass is 360 g/mol. The molecule has 0 saturated carbocycles. The van der Waals surface area contributed by atoms with E-state index in [4.69, 9.17) is 0 Å². The van der Waals surface area contributed by atoms with Crippen LogP contribution in [0.15, 0.2) is 51.1 Å². The average Bonchev–Trinajstić information content (AvgIpc) is 2.55. The molecule has 0 saturated heterocycles. The quantitative estimate of drug-likeness (QED) is 0.440. The Labute approximate surface area is 115 Å². The molecular weight excluding hydrogens is 345 g/mol. The van der Waals surface area contributed by atoms with E-state index >= 15 is 0 Å². The molecule has 1 aliphatic heterocycles. The van der Waals surface area contributed by atoms with Crippen LogP contribution < -0.4 is 26.5 Å². The van der Waals surface area contributed by atoms with Gasteiger partial charge in [0.2, 0.25) is 0 Å². The van der Waals surface area contributed by atoms with Gasteiger partial charge in [0.05, 0.1) is 0 Å². The minimum atomic E-state index is -0.962. The second kappa shape index (κ2) is 6.35. The molecule has 0 amide bonds. The van der Waals surface area contributed by atoms with Gasteiger partial charge in [-0.2, -0.15) is 0 Å². The Balaban J connectivity index is 2.08. The molecule has 1 aromatic carbocycles. The molecule has 0 aromatic heterocycles. The third-order valence-electron chi connectivity index (χ3n) is 2.31. The van der Waals surface area contributed by atoms with Crippen LogP contribution in [-0.4, -0.2) is 8.76 Å². The van der Waals surface area contributed by atoms with Crippen LogP contribution in [0.3, 0.4) is 0 Å². The van der Waals surface area contributed by atoms with E-state index in [0.717, 1.165) is 15.1 Å². The van der Waals surface area contributed by atoms with Crippen LogP contribution in [0.2, 0.25) is 0 Å². The summed E-state index contributed by atoms with van der Waals surface area (Å²) in [5, 5.41) is 4.16. The number of rotatable bonds is 3. The maximum absolute atomic E-state index is 12.2. The molecule has 1 unspecified atom stereocenters. The Morgan fingerprint density at radius 1 is 1.35 bits per heavy atom. The summed E-state index contributed by atoms with van der Waals surface area (Å²) in [6.45, 7) is 2.08. The van der Waals surface area contributed by atoms with Gasteiger partial charge in [0.25, 0.3) is 0 Å². The van der Waals surface area contributed by atoms with Crippen molar-refractivity contribution >= 4 is 10.8 Å². The Morgan fingerprint density at radius 2 is 2.12 bits per heavy atom. The van der Waals surface area contributed by atoms with Gasteiger partial charge < -0.3 is 0 Å². The molecule has 17 heavy (non-hydrogen) atoms. The van der Waals surface area contributed by atoms with Gasteiger partial charge in [-0.3, -0.25) is 0 Å². The molecule has 1 aliphatic rings. The van der Waals surface area contributed by atoms with Gasteiger partial charge in [0, 0.05) is 0 Å². The third-order valence-corrected chi connectivity index (χ3v) is 5.90. The van der Waals surface area contributed by atoms with Crippen molar-refractivity contribution in [1.82, 2.24) is 5.32 Å². The first-order chi connectivity index (χ1) is 8.25. The van der Waals surface area contributed by atoms with E-state index in [-0.39, 0.29) is 21.2 Å². The first-order valence-corrected chi connectivity index (χ1v) is 9.47. The predicted molar refractivity (Wildman–Crippen MR) is 68.1 cm³/mol. The number of hydrogen-bond donors (Lipinski definition) is 1. The Morgan fingerprint density at radius 3 is 2.88 bits per heavy atom. The molecule has 92 valence electrons. The van der Waals surface area contributed by atoms with Crippen LogP contribution in [0.5, 0.6) is 0 Å². The number of benzene rings is 1. The molecule has 1 atom stereocenters. The standard InChI is InChI=1S/C13H15INOS/c1-11-7-13(15-10-14-8-11)17(16)9-12-5-3-2-4-6-12/h2-8,15H,9-10H2,1H3/q-1. The molecule has 2 nitrogen and oxygen atoms in total. The molecule has 1 aromatic rings. The van der Waals surface area contributed by atoms with Gasteiger partial charge in [-0.05, 0) is 0 Å². The van der Waals surface area contributed by atoms with Crippen LogP contribution in [0.25, 0.3) is 0 Å². The summed E-state index contributed by atoms with van der Waals surface area (Å²) in [4.78, 5) is 0. The number of alkyl halides is 1. The normalized spacial score (nSPS) is 17.9. The number of allylic oxidation sites excluding steroid dienone is 2. The molecule has 0 spiro atoms. The van der Waals surface area contributed by atoms with Crippen molar-refractivity contribution in [1.29, 1.82) is 0 Å². The van der Waals surface area contributed by atoms with Crippen molar-refractivity contribution < 1.29 is 25.4 Å². The Hall–Kier alpha value is -0.620. The van der Waals surface area contributed by atoms with E-state index in [1.165, 1.54) is 5.57 Å². The van der Waals surface area contributed by atoms with E-state index < -0.39 is 10.8 Å². The average molecular weight is 360 g/mol. The molecule has 0 bridgehead atoms.